The van der Waals surface area contributed by atoms with Crippen LogP contribution in [0.4, 0.5) is 0 Å². The van der Waals surface area contributed by atoms with Gasteiger partial charge >= 0.3 is 0 Å². The number of hydrogen-bond donors (Lipinski definition) is 1. The third-order valence-electron chi connectivity index (χ3n) is 4.92. The molecule has 7 nitrogen and oxygen atoms in total. The third-order valence-corrected chi connectivity index (χ3v) is 8.16. The van der Waals surface area contributed by atoms with E-state index in [0.29, 0.717) is 54.9 Å². The van der Waals surface area contributed by atoms with E-state index in [-0.39, 0.29) is 18.4 Å². The van der Waals surface area contributed by atoms with Crippen LogP contribution in [0.15, 0.2) is 39.9 Å². The van der Waals surface area contributed by atoms with Gasteiger partial charge in [0.1, 0.15) is 4.21 Å². The fourth-order valence-corrected chi connectivity index (χ4v) is 6.12. The maximum Gasteiger partial charge on any atom is 0.252 e. The normalized spacial score (nSPS) is 17.5. The van der Waals surface area contributed by atoms with Gasteiger partial charge in [-0.05, 0) is 55.8 Å². The molecule has 1 aromatic heterocycles. The summed E-state index contributed by atoms with van der Waals surface area (Å²) in [6.07, 6.45) is 1.34. The monoisotopic (exact) mass is 452 g/mol. The first-order valence-corrected chi connectivity index (χ1v) is 12.5. The first-order valence-electron chi connectivity index (χ1n) is 10.2. The topological polar surface area (TPSA) is 84.9 Å². The number of carbonyl (C=O) groups is 1. The fraction of sp³-hybridized carbons (Fsp3) is 0.476. The van der Waals surface area contributed by atoms with Crippen molar-refractivity contribution in [1.29, 1.82) is 0 Å². The van der Waals surface area contributed by atoms with Gasteiger partial charge in [0.05, 0.1) is 19.1 Å². The zero-order chi connectivity index (χ0) is 21.6. The molecule has 1 N–H and O–H groups in total. The van der Waals surface area contributed by atoms with E-state index in [1.165, 1.54) is 15.6 Å². The highest BCUT2D eigenvalue weighted by molar-refractivity contribution is 7.91. The average Bonchev–Trinajstić information content (AvgIpc) is 3.30. The van der Waals surface area contributed by atoms with Gasteiger partial charge in [-0.3, -0.25) is 4.79 Å². The summed E-state index contributed by atoms with van der Waals surface area (Å²) in [5.41, 5.74) is 0.897. The molecule has 1 atom stereocenters. The molecule has 1 saturated heterocycles. The number of nitrogens with one attached hydrogen (secondary N) is 1. The van der Waals surface area contributed by atoms with Crippen molar-refractivity contribution < 1.29 is 22.7 Å². The van der Waals surface area contributed by atoms with Crippen LogP contribution in [0.3, 0.4) is 0 Å². The second-order valence-corrected chi connectivity index (χ2v) is 10.1. The van der Waals surface area contributed by atoms with Gasteiger partial charge < -0.3 is 14.8 Å². The van der Waals surface area contributed by atoms with Gasteiger partial charge in [0.15, 0.2) is 11.5 Å². The van der Waals surface area contributed by atoms with Gasteiger partial charge in [-0.1, -0.05) is 12.1 Å². The van der Waals surface area contributed by atoms with Crippen LogP contribution in [0.1, 0.15) is 32.3 Å². The molecule has 0 unspecified atom stereocenters. The highest BCUT2D eigenvalue weighted by Crippen LogP contribution is 2.29. The van der Waals surface area contributed by atoms with E-state index >= 15 is 0 Å². The van der Waals surface area contributed by atoms with E-state index in [0.717, 1.165) is 5.56 Å². The van der Waals surface area contributed by atoms with Crippen LogP contribution < -0.4 is 14.8 Å². The number of amides is 1. The van der Waals surface area contributed by atoms with Crippen molar-refractivity contribution in [3.8, 4) is 11.5 Å². The Kier molecular flexibility index (Phi) is 7.74. The van der Waals surface area contributed by atoms with E-state index in [1.54, 1.807) is 17.5 Å². The molecule has 2 aromatic rings. The Bertz CT molecular complexity index is 944. The van der Waals surface area contributed by atoms with Crippen molar-refractivity contribution in [1.82, 2.24) is 9.62 Å². The molecule has 0 bridgehead atoms. The molecule has 0 saturated carbocycles. The minimum Gasteiger partial charge on any atom is -0.490 e. The zero-order valence-corrected chi connectivity index (χ0v) is 18.9. The molecule has 1 aliphatic rings. The molecule has 0 radical (unpaired) electrons. The van der Waals surface area contributed by atoms with Gasteiger partial charge in [-0.15, -0.1) is 11.3 Å². The second-order valence-electron chi connectivity index (χ2n) is 7.00. The van der Waals surface area contributed by atoms with Gasteiger partial charge in [-0.2, -0.15) is 4.31 Å². The summed E-state index contributed by atoms with van der Waals surface area (Å²) in [4.78, 5) is 12.7. The Morgan fingerprint density at radius 1 is 1.20 bits per heavy atom. The predicted octanol–water partition coefficient (Wildman–Crippen LogP) is 3.26. The van der Waals surface area contributed by atoms with E-state index in [1.807, 2.05) is 32.0 Å². The number of piperidine rings is 1. The molecule has 9 heteroatoms. The Morgan fingerprint density at radius 3 is 2.67 bits per heavy atom. The molecule has 0 spiro atoms. The quantitative estimate of drug-likeness (QED) is 0.631. The molecule has 30 heavy (non-hydrogen) atoms. The summed E-state index contributed by atoms with van der Waals surface area (Å²) in [5.74, 6) is 0.837. The molecule has 2 heterocycles. The average molecular weight is 453 g/mol. The maximum atomic E-state index is 12.8. The van der Waals surface area contributed by atoms with Crippen LogP contribution in [-0.2, 0) is 21.4 Å². The smallest absolute Gasteiger partial charge is 0.252 e. The van der Waals surface area contributed by atoms with Crippen molar-refractivity contribution in [2.75, 3.05) is 26.3 Å². The zero-order valence-electron chi connectivity index (χ0n) is 17.3. The Labute approximate surface area is 182 Å². The highest BCUT2D eigenvalue weighted by atomic mass is 32.2. The number of thiophene rings is 1. The van der Waals surface area contributed by atoms with Gasteiger partial charge in [0.25, 0.3) is 10.0 Å². The van der Waals surface area contributed by atoms with Crippen LogP contribution in [-0.4, -0.2) is 44.9 Å². The summed E-state index contributed by atoms with van der Waals surface area (Å²) in [5, 5.41) is 4.69. The first kappa shape index (κ1) is 22.6. The minimum absolute atomic E-state index is 0.132. The van der Waals surface area contributed by atoms with E-state index in [4.69, 9.17) is 9.47 Å². The number of carbonyl (C=O) groups excluding carboxylic acids is 1. The van der Waals surface area contributed by atoms with Crippen molar-refractivity contribution in [2.45, 2.75) is 37.4 Å². The molecule has 1 fully saturated rings. The first-order chi connectivity index (χ1) is 14.5. The lowest BCUT2D eigenvalue weighted by Gasteiger charge is -2.30. The lowest BCUT2D eigenvalue weighted by atomic mass is 9.98. The standard InChI is InChI=1S/C21H28N2O5S2/c1-3-27-18-10-9-16(13-19(18)28-4-2)14-22-21(24)17-7-5-11-23(15-17)30(25,26)20-8-6-12-29-20/h6,8-10,12-13,17H,3-5,7,11,14-15H2,1-2H3,(H,22,24)/t17-/m0/s1. The summed E-state index contributed by atoms with van der Waals surface area (Å²) in [7, 11) is -3.53. The Morgan fingerprint density at radius 2 is 1.97 bits per heavy atom. The molecule has 3 rings (SSSR count). The van der Waals surface area contributed by atoms with Gasteiger partial charge in [0, 0.05) is 19.6 Å². The van der Waals surface area contributed by atoms with Crippen molar-refractivity contribution in [2.24, 2.45) is 5.92 Å². The van der Waals surface area contributed by atoms with Crippen LogP contribution >= 0.6 is 11.3 Å². The highest BCUT2D eigenvalue weighted by Gasteiger charge is 2.33. The summed E-state index contributed by atoms with van der Waals surface area (Å²) < 4.78 is 38.5. The van der Waals surface area contributed by atoms with Crippen molar-refractivity contribution in [3.63, 3.8) is 0 Å². The van der Waals surface area contributed by atoms with Gasteiger partial charge in [0.2, 0.25) is 5.91 Å². The van der Waals surface area contributed by atoms with Gasteiger partial charge in [-0.25, -0.2) is 8.42 Å². The van der Waals surface area contributed by atoms with E-state index < -0.39 is 10.0 Å². The van der Waals surface area contributed by atoms with E-state index in [9.17, 15) is 13.2 Å². The number of benzene rings is 1. The van der Waals surface area contributed by atoms with Crippen molar-refractivity contribution in [3.05, 3.63) is 41.3 Å². The largest absolute Gasteiger partial charge is 0.490 e. The summed E-state index contributed by atoms with van der Waals surface area (Å²) in [6, 6.07) is 8.92. The van der Waals surface area contributed by atoms with Crippen LogP contribution in [0.2, 0.25) is 0 Å². The summed E-state index contributed by atoms with van der Waals surface area (Å²) in [6.45, 7) is 5.88. The number of sulfonamides is 1. The molecule has 1 aromatic carbocycles. The maximum absolute atomic E-state index is 12.8. The molecular weight excluding hydrogens is 424 g/mol. The third kappa shape index (κ3) is 5.33. The lowest BCUT2D eigenvalue weighted by Crippen LogP contribution is -2.45. The lowest BCUT2D eigenvalue weighted by molar-refractivity contribution is -0.126. The number of hydrogen-bond acceptors (Lipinski definition) is 6. The number of nitrogens with zero attached hydrogens (tertiary/aromatic N) is 1. The second kappa shape index (κ2) is 10.3. The molecule has 0 aliphatic carbocycles. The Balaban J connectivity index is 1.61. The fourth-order valence-electron chi connectivity index (χ4n) is 3.45. The summed E-state index contributed by atoms with van der Waals surface area (Å²) >= 11 is 1.20. The Hall–Kier alpha value is -2.10. The number of rotatable bonds is 9. The molecular formula is C21H28N2O5S2. The van der Waals surface area contributed by atoms with E-state index in [2.05, 4.69) is 5.32 Å². The number of ether oxygens (including phenoxy) is 2. The SMILES string of the molecule is CCOc1ccc(CNC(=O)[C@H]2CCCN(S(=O)(=O)c3cccs3)C2)cc1OCC. The molecule has 1 aliphatic heterocycles. The van der Waals surface area contributed by atoms with Crippen molar-refractivity contribution >= 4 is 27.3 Å². The minimum atomic E-state index is -3.53. The van der Waals surface area contributed by atoms with Crippen LogP contribution in [0.5, 0.6) is 11.5 Å². The molecule has 1 amide bonds. The molecule has 164 valence electrons. The van der Waals surface area contributed by atoms with Crippen LogP contribution in [0.25, 0.3) is 0 Å². The van der Waals surface area contributed by atoms with Crippen LogP contribution in [0, 0.1) is 5.92 Å². The predicted molar refractivity (Wildman–Crippen MR) is 116 cm³/mol.